The van der Waals surface area contributed by atoms with Crippen LogP contribution in [0.2, 0.25) is 0 Å². The topological polar surface area (TPSA) is 93.8 Å². The second-order valence-electron chi connectivity index (χ2n) is 4.61. The summed E-state index contributed by atoms with van der Waals surface area (Å²) in [6, 6.07) is 8.04. The first kappa shape index (κ1) is 14.2. The number of benzene rings is 1. The van der Waals surface area contributed by atoms with E-state index in [1.807, 2.05) is 5.38 Å². The normalized spacial score (nSPS) is 16.7. The maximum absolute atomic E-state index is 12.1. The quantitative estimate of drug-likeness (QED) is 0.693. The van der Waals surface area contributed by atoms with Gasteiger partial charge in [-0.3, -0.25) is 14.9 Å². The summed E-state index contributed by atoms with van der Waals surface area (Å²) in [7, 11) is 0. The number of amides is 1. The fourth-order valence-corrected chi connectivity index (χ4v) is 2.70. The largest absolute Gasteiger partial charge is 0.382 e. The predicted molar refractivity (Wildman–Crippen MR) is 82.1 cm³/mol. The Hall–Kier alpha value is -2.74. The molecule has 0 unspecified atom stereocenters. The van der Waals surface area contributed by atoms with Gasteiger partial charge in [-0.15, -0.1) is 0 Å². The number of nitro groups is 1. The summed E-state index contributed by atoms with van der Waals surface area (Å²) < 4.78 is 0. The van der Waals surface area contributed by atoms with Crippen LogP contribution in [-0.2, 0) is 9.63 Å². The van der Waals surface area contributed by atoms with Gasteiger partial charge in [0.2, 0.25) is 6.10 Å². The van der Waals surface area contributed by atoms with Crippen LogP contribution in [0.25, 0.3) is 0 Å². The molecule has 7 nitrogen and oxygen atoms in total. The van der Waals surface area contributed by atoms with Crippen molar-refractivity contribution in [3.63, 3.8) is 0 Å². The number of oxime groups is 1. The average molecular weight is 317 g/mol. The van der Waals surface area contributed by atoms with Crippen LogP contribution in [0.1, 0.15) is 12.0 Å². The van der Waals surface area contributed by atoms with Crippen LogP contribution in [0.4, 0.5) is 11.4 Å². The third kappa shape index (κ3) is 2.82. The summed E-state index contributed by atoms with van der Waals surface area (Å²) in [5.74, 6) is -0.323. The lowest BCUT2D eigenvalue weighted by atomic mass is 10.0. The van der Waals surface area contributed by atoms with Crippen molar-refractivity contribution in [3.05, 3.63) is 56.8 Å². The third-order valence-corrected chi connectivity index (χ3v) is 3.84. The maximum Gasteiger partial charge on any atom is 0.278 e. The molecule has 0 fully saturated rings. The van der Waals surface area contributed by atoms with Gasteiger partial charge in [0.1, 0.15) is 0 Å². The van der Waals surface area contributed by atoms with Crippen LogP contribution in [0, 0.1) is 10.1 Å². The molecule has 1 aromatic heterocycles. The lowest BCUT2D eigenvalue weighted by Crippen LogP contribution is -2.27. The number of nitrogens with one attached hydrogen (secondary N) is 1. The minimum Gasteiger partial charge on any atom is -0.382 e. The number of thiophene rings is 1. The second kappa shape index (κ2) is 5.94. The molecule has 1 atom stereocenters. The van der Waals surface area contributed by atoms with Crippen LogP contribution < -0.4 is 5.32 Å². The number of hydrogen-bond donors (Lipinski definition) is 1. The fourth-order valence-electron chi connectivity index (χ4n) is 2.11. The Morgan fingerprint density at radius 2 is 2.23 bits per heavy atom. The Labute approximate surface area is 129 Å². The minimum atomic E-state index is -0.783. The first-order valence-corrected chi connectivity index (χ1v) is 7.39. The van der Waals surface area contributed by atoms with Crippen LogP contribution in [0.3, 0.4) is 0 Å². The van der Waals surface area contributed by atoms with E-state index in [1.165, 1.54) is 17.4 Å². The molecule has 0 radical (unpaired) electrons. The lowest BCUT2D eigenvalue weighted by Gasteiger charge is -2.07. The number of anilines is 1. The van der Waals surface area contributed by atoms with Crippen LogP contribution in [-0.4, -0.2) is 22.6 Å². The zero-order chi connectivity index (χ0) is 15.5. The van der Waals surface area contributed by atoms with Gasteiger partial charge in [0, 0.05) is 17.9 Å². The highest BCUT2D eigenvalue weighted by molar-refractivity contribution is 7.08. The predicted octanol–water partition coefficient (Wildman–Crippen LogP) is 2.79. The molecule has 2 heterocycles. The van der Waals surface area contributed by atoms with E-state index in [1.54, 1.807) is 29.6 Å². The van der Waals surface area contributed by atoms with E-state index < -0.39 is 11.0 Å². The van der Waals surface area contributed by atoms with Crippen molar-refractivity contribution in [1.82, 2.24) is 0 Å². The Bertz CT molecular complexity index is 742. The number of hydrogen-bond acceptors (Lipinski definition) is 6. The fraction of sp³-hybridized carbons (Fsp3) is 0.143. The molecule has 0 saturated carbocycles. The summed E-state index contributed by atoms with van der Waals surface area (Å²) >= 11 is 1.47. The zero-order valence-electron chi connectivity index (χ0n) is 11.3. The molecular weight excluding hydrogens is 306 g/mol. The van der Waals surface area contributed by atoms with Crippen molar-refractivity contribution in [1.29, 1.82) is 0 Å². The highest BCUT2D eigenvalue weighted by Gasteiger charge is 2.31. The monoisotopic (exact) mass is 317 g/mol. The molecular formula is C14H11N3O4S. The molecule has 2 aromatic rings. The summed E-state index contributed by atoms with van der Waals surface area (Å²) in [5.41, 5.74) is 1.41. The van der Waals surface area contributed by atoms with E-state index in [9.17, 15) is 14.9 Å². The molecule has 0 spiro atoms. The number of nitro benzene ring substituents is 1. The van der Waals surface area contributed by atoms with Crippen molar-refractivity contribution in [3.8, 4) is 0 Å². The van der Waals surface area contributed by atoms with Crippen LogP contribution >= 0.6 is 11.3 Å². The van der Waals surface area contributed by atoms with Gasteiger partial charge in [-0.05, 0) is 17.5 Å². The van der Waals surface area contributed by atoms with E-state index in [4.69, 9.17) is 4.84 Å². The van der Waals surface area contributed by atoms with E-state index >= 15 is 0 Å². The van der Waals surface area contributed by atoms with E-state index in [2.05, 4.69) is 10.5 Å². The summed E-state index contributed by atoms with van der Waals surface area (Å²) in [4.78, 5) is 27.8. The van der Waals surface area contributed by atoms with Gasteiger partial charge in [-0.2, -0.15) is 11.3 Å². The highest BCUT2D eigenvalue weighted by Crippen LogP contribution is 2.25. The van der Waals surface area contributed by atoms with Crippen molar-refractivity contribution < 1.29 is 14.6 Å². The van der Waals surface area contributed by atoms with E-state index in [0.717, 1.165) is 0 Å². The second-order valence-corrected chi connectivity index (χ2v) is 5.39. The number of para-hydroxylation sites is 1. The molecule has 0 bridgehead atoms. The Morgan fingerprint density at radius 3 is 2.95 bits per heavy atom. The van der Waals surface area contributed by atoms with Crippen molar-refractivity contribution in [2.75, 3.05) is 5.32 Å². The molecule has 8 heteroatoms. The van der Waals surface area contributed by atoms with Gasteiger partial charge in [-0.25, -0.2) is 0 Å². The summed E-state index contributed by atoms with van der Waals surface area (Å²) in [5, 5.41) is 21.2. The molecule has 0 aliphatic carbocycles. The molecule has 1 aliphatic rings. The van der Waals surface area contributed by atoms with E-state index in [0.29, 0.717) is 17.0 Å². The van der Waals surface area contributed by atoms with Gasteiger partial charge in [0.05, 0.1) is 21.9 Å². The Balaban J connectivity index is 1.72. The molecule has 1 amide bonds. The summed E-state index contributed by atoms with van der Waals surface area (Å²) in [6.45, 7) is 0. The number of nitrogens with zero attached hydrogens (tertiary/aromatic N) is 2. The van der Waals surface area contributed by atoms with Crippen LogP contribution in [0.15, 0.2) is 46.2 Å². The minimum absolute atomic E-state index is 0.0521. The molecule has 112 valence electrons. The Morgan fingerprint density at radius 1 is 1.41 bits per heavy atom. The number of carbonyl (C=O) groups is 1. The molecule has 1 aliphatic heterocycles. The van der Waals surface area contributed by atoms with Gasteiger partial charge in [-0.1, -0.05) is 17.3 Å². The average Bonchev–Trinajstić information content (AvgIpc) is 3.18. The molecule has 1 N–H and O–H groups in total. The van der Waals surface area contributed by atoms with Gasteiger partial charge in [0.25, 0.3) is 11.6 Å². The van der Waals surface area contributed by atoms with Gasteiger partial charge in [0.15, 0.2) is 0 Å². The maximum atomic E-state index is 12.1. The standard InChI is InChI=1S/C14H11N3O4S/c18-14(15-9-5-6-22-8-9)13-7-11(16-21-13)10-3-1-2-4-12(10)17(19)20/h1-6,8,13H,7H2,(H,15,18)/t13-/m0/s1. The number of carbonyl (C=O) groups excluding carboxylic acids is 1. The molecule has 1 aromatic carbocycles. The highest BCUT2D eigenvalue weighted by atomic mass is 32.1. The first-order valence-electron chi connectivity index (χ1n) is 6.44. The third-order valence-electron chi connectivity index (χ3n) is 3.16. The van der Waals surface area contributed by atoms with Crippen LogP contribution in [0.5, 0.6) is 0 Å². The molecule has 3 rings (SSSR count). The van der Waals surface area contributed by atoms with Crippen molar-refractivity contribution in [2.24, 2.45) is 5.16 Å². The zero-order valence-corrected chi connectivity index (χ0v) is 12.1. The van der Waals surface area contributed by atoms with Crippen molar-refractivity contribution >= 4 is 34.3 Å². The lowest BCUT2D eigenvalue weighted by molar-refractivity contribution is -0.385. The molecule has 22 heavy (non-hydrogen) atoms. The van der Waals surface area contributed by atoms with E-state index in [-0.39, 0.29) is 18.0 Å². The van der Waals surface area contributed by atoms with Gasteiger partial charge >= 0.3 is 0 Å². The molecule has 0 saturated heterocycles. The summed E-state index contributed by atoms with van der Waals surface area (Å²) in [6.07, 6.45) is -0.587. The first-order chi connectivity index (χ1) is 10.6. The van der Waals surface area contributed by atoms with Gasteiger partial charge < -0.3 is 10.2 Å². The smallest absolute Gasteiger partial charge is 0.278 e. The Kier molecular flexibility index (Phi) is 3.84. The van der Waals surface area contributed by atoms with Crippen molar-refractivity contribution in [2.45, 2.75) is 12.5 Å². The SMILES string of the molecule is O=C(Nc1ccsc1)[C@@H]1CC(c2ccccc2[N+](=O)[O-])=NO1. The number of rotatable bonds is 4.